The molecule has 0 saturated carbocycles. The van der Waals surface area contributed by atoms with Gasteiger partial charge < -0.3 is 4.42 Å². The first kappa shape index (κ1) is 34.3. The van der Waals surface area contributed by atoms with Gasteiger partial charge in [0.1, 0.15) is 11.2 Å². The monoisotopic (exact) mass is 753 g/mol. The first-order valence-electron chi connectivity index (χ1n) is 19.8. The molecular weight excluding hydrogens is 719 g/mol. The molecule has 0 fully saturated rings. The lowest BCUT2D eigenvalue weighted by Crippen LogP contribution is -2.00. The molecule has 2 heterocycles. The van der Waals surface area contributed by atoms with E-state index >= 15 is 0 Å². The Morgan fingerprint density at radius 3 is 1.34 bits per heavy atom. The second-order valence-corrected chi connectivity index (χ2v) is 14.8. The number of aromatic nitrogens is 3. The lowest BCUT2D eigenvalue weighted by Gasteiger charge is -2.11. The summed E-state index contributed by atoms with van der Waals surface area (Å²) in [6.07, 6.45) is 0. The van der Waals surface area contributed by atoms with Gasteiger partial charge in [-0.1, -0.05) is 176 Å². The number of rotatable bonds is 7. The topological polar surface area (TPSA) is 51.8 Å². The summed E-state index contributed by atoms with van der Waals surface area (Å²) in [6.45, 7) is 0. The molecule has 0 amide bonds. The molecule has 4 heteroatoms. The average molecular weight is 754 g/mol. The molecule has 0 radical (unpaired) electrons. The Bertz CT molecular complexity index is 3320. The van der Waals surface area contributed by atoms with Crippen molar-refractivity contribution in [1.82, 2.24) is 15.0 Å². The first-order chi connectivity index (χ1) is 29.2. The van der Waals surface area contributed by atoms with Gasteiger partial charge in [0, 0.05) is 27.5 Å². The molecule has 0 unspecified atom stereocenters. The van der Waals surface area contributed by atoms with Crippen LogP contribution in [0.25, 0.3) is 111 Å². The third-order valence-electron chi connectivity index (χ3n) is 11.1. The van der Waals surface area contributed by atoms with Crippen molar-refractivity contribution in [3.63, 3.8) is 0 Å². The number of furan rings is 1. The van der Waals surface area contributed by atoms with E-state index in [2.05, 4.69) is 176 Å². The number of fused-ring (bicyclic) bond motifs is 4. The number of nitrogens with zero attached hydrogens (tertiary/aromatic N) is 3. The van der Waals surface area contributed by atoms with E-state index in [1.807, 2.05) is 36.4 Å². The molecule has 9 aromatic carbocycles. The van der Waals surface area contributed by atoms with Crippen molar-refractivity contribution in [1.29, 1.82) is 0 Å². The van der Waals surface area contributed by atoms with E-state index in [0.717, 1.165) is 77.6 Å². The number of hydrogen-bond acceptors (Lipinski definition) is 4. The molecule has 0 aliphatic carbocycles. The van der Waals surface area contributed by atoms with Gasteiger partial charge in [0.15, 0.2) is 17.5 Å². The van der Waals surface area contributed by atoms with Crippen molar-refractivity contribution in [3.8, 4) is 78.7 Å². The molecule has 4 nitrogen and oxygen atoms in total. The quantitative estimate of drug-likeness (QED) is 0.163. The minimum Gasteiger partial charge on any atom is -0.456 e. The van der Waals surface area contributed by atoms with Gasteiger partial charge in [0.05, 0.1) is 0 Å². The Hall–Kier alpha value is -7.95. The van der Waals surface area contributed by atoms with Crippen molar-refractivity contribution in [2.24, 2.45) is 0 Å². The summed E-state index contributed by atoms with van der Waals surface area (Å²) >= 11 is 0. The smallest absolute Gasteiger partial charge is 0.164 e. The van der Waals surface area contributed by atoms with E-state index < -0.39 is 0 Å². The lowest BCUT2D eigenvalue weighted by atomic mass is 9.94. The normalized spacial score (nSPS) is 11.4. The van der Waals surface area contributed by atoms with Crippen LogP contribution in [0, 0.1) is 0 Å². The van der Waals surface area contributed by atoms with Gasteiger partial charge in [-0.15, -0.1) is 0 Å². The Morgan fingerprint density at radius 2 is 0.695 bits per heavy atom. The van der Waals surface area contributed by atoms with Gasteiger partial charge in [0.25, 0.3) is 0 Å². The predicted molar refractivity (Wildman–Crippen MR) is 243 cm³/mol. The molecule has 0 bridgehead atoms. The van der Waals surface area contributed by atoms with Crippen LogP contribution in [0.2, 0.25) is 0 Å². The Balaban J connectivity index is 0.951. The first-order valence-corrected chi connectivity index (χ1v) is 19.8. The highest BCUT2D eigenvalue weighted by Crippen LogP contribution is 2.40. The van der Waals surface area contributed by atoms with Crippen LogP contribution in [0.5, 0.6) is 0 Å². The molecule has 0 N–H and O–H groups in total. The van der Waals surface area contributed by atoms with Crippen molar-refractivity contribution in [3.05, 3.63) is 212 Å². The molecule has 0 aliphatic heterocycles. The van der Waals surface area contributed by atoms with Gasteiger partial charge in [0.2, 0.25) is 0 Å². The zero-order valence-corrected chi connectivity index (χ0v) is 32.0. The maximum Gasteiger partial charge on any atom is 0.164 e. The van der Waals surface area contributed by atoms with Gasteiger partial charge in [-0.2, -0.15) is 0 Å². The van der Waals surface area contributed by atoms with E-state index in [0.29, 0.717) is 17.5 Å². The van der Waals surface area contributed by atoms with Crippen LogP contribution in [0.15, 0.2) is 217 Å². The Kier molecular flexibility index (Phi) is 8.45. The van der Waals surface area contributed by atoms with Crippen molar-refractivity contribution < 1.29 is 4.42 Å². The molecule has 0 atom stereocenters. The summed E-state index contributed by atoms with van der Waals surface area (Å²) < 4.78 is 6.41. The molecule has 0 saturated heterocycles. The van der Waals surface area contributed by atoms with E-state index in [9.17, 15) is 0 Å². The van der Waals surface area contributed by atoms with E-state index in [-0.39, 0.29) is 0 Å². The highest BCUT2D eigenvalue weighted by Gasteiger charge is 2.16. The number of hydrogen-bond donors (Lipinski definition) is 0. The summed E-state index contributed by atoms with van der Waals surface area (Å²) in [6, 6.07) is 74.2. The van der Waals surface area contributed by atoms with E-state index in [1.54, 1.807) is 0 Å². The van der Waals surface area contributed by atoms with Crippen LogP contribution in [0.3, 0.4) is 0 Å². The molecule has 11 rings (SSSR count). The number of benzene rings is 9. The largest absolute Gasteiger partial charge is 0.456 e. The fourth-order valence-electron chi connectivity index (χ4n) is 8.13. The molecular formula is C55H35N3O. The molecule has 59 heavy (non-hydrogen) atoms. The zero-order valence-electron chi connectivity index (χ0n) is 32.0. The highest BCUT2D eigenvalue weighted by molar-refractivity contribution is 6.15. The Morgan fingerprint density at radius 1 is 0.271 bits per heavy atom. The molecule has 2 aromatic heterocycles. The van der Waals surface area contributed by atoms with Crippen molar-refractivity contribution >= 4 is 32.7 Å². The maximum atomic E-state index is 6.41. The lowest BCUT2D eigenvalue weighted by molar-refractivity contribution is 0.669. The minimum atomic E-state index is 0.626. The van der Waals surface area contributed by atoms with Gasteiger partial charge >= 0.3 is 0 Å². The predicted octanol–water partition coefficient (Wildman–Crippen LogP) is 14.6. The van der Waals surface area contributed by atoms with Crippen LogP contribution in [0.4, 0.5) is 0 Å². The summed E-state index contributed by atoms with van der Waals surface area (Å²) in [7, 11) is 0. The fourth-order valence-corrected chi connectivity index (χ4v) is 8.13. The van der Waals surface area contributed by atoms with Gasteiger partial charge in [-0.25, -0.2) is 15.0 Å². The maximum absolute atomic E-state index is 6.41. The van der Waals surface area contributed by atoms with Crippen LogP contribution in [0.1, 0.15) is 0 Å². The average Bonchev–Trinajstić information content (AvgIpc) is 3.69. The summed E-state index contributed by atoms with van der Waals surface area (Å²) in [5, 5.41) is 4.64. The molecule has 11 aromatic rings. The third-order valence-corrected chi connectivity index (χ3v) is 11.1. The SMILES string of the molecule is c1ccc(-c2ccc(-c3nc(-c4ccccc4)nc(-c4cccc(-c5cccc(-c6cccc(-c7cccc8oc9cc%10ccccc%10cc9c78)c6)c5)c4)n3)cc2)cc1. The molecule has 276 valence electrons. The van der Waals surface area contributed by atoms with E-state index in [4.69, 9.17) is 19.4 Å². The van der Waals surface area contributed by atoms with Crippen LogP contribution < -0.4 is 0 Å². The van der Waals surface area contributed by atoms with Crippen molar-refractivity contribution in [2.75, 3.05) is 0 Å². The standard InChI is InChI=1S/C55H35N3O/c1-3-13-36(14-4-1)37-27-29-39(30-28-37)54-56-53(38-15-5-2-6-16-38)57-55(58-54)47-24-11-22-43(33-47)41-20-9-19-40(31-41)42-21-10-23-46(32-42)48-25-12-26-50-52(48)49-34-44-17-7-8-18-45(44)35-51(49)59-50/h1-35H. The van der Waals surface area contributed by atoms with E-state index in [1.165, 1.54) is 16.3 Å². The summed E-state index contributed by atoms with van der Waals surface area (Å²) in [5.41, 5.74) is 13.7. The fraction of sp³-hybridized carbons (Fsp3) is 0. The highest BCUT2D eigenvalue weighted by atomic mass is 16.3. The second-order valence-electron chi connectivity index (χ2n) is 14.8. The van der Waals surface area contributed by atoms with Crippen molar-refractivity contribution in [2.45, 2.75) is 0 Å². The summed E-state index contributed by atoms with van der Waals surface area (Å²) in [4.78, 5) is 15.1. The van der Waals surface area contributed by atoms with Crippen LogP contribution >= 0.6 is 0 Å². The third kappa shape index (κ3) is 6.53. The van der Waals surface area contributed by atoms with Gasteiger partial charge in [-0.3, -0.25) is 0 Å². The molecule has 0 aliphatic rings. The zero-order chi connectivity index (χ0) is 39.1. The summed E-state index contributed by atoms with van der Waals surface area (Å²) in [5.74, 6) is 1.89. The minimum absolute atomic E-state index is 0.626. The van der Waals surface area contributed by atoms with Gasteiger partial charge in [-0.05, 0) is 91.7 Å². The van der Waals surface area contributed by atoms with Crippen LogP contribution in [-0.2, 0) is 0 Å². The molecule has 0 spiro atoms. The second kappa shape index (κ2) is 14.5. The Labute approximate surface area is 341 Å². The van der Waals surface area contributed by atoms with Crippen LogP contribution in [-0.4, -0.2) is 15.0 Å².